The largest absolute Gasteiger partial charge is 0.329 e. The normalized spacial score (nSPS) is 13.1. The van der Waals surface area contributed by atoms with Crippen molar-refractivity contribution in [1.82, 2.24) is 19.7 Å². The van der Waals surface area contributed by atoms with E-state index in [1.54, 1.807) is 4.90 Å². The second-order valence-electron chi connectivity index (χ2n) is 6.95. The van der Waals surface area contributed by atoms with Gasteiger partial charge in [0, 0.05) is 32.1 Å². The van der Waals surface area contributed by atoms with E-state index in [2.05, 4.69) is 15.5 Å². The predicted octanol–water partition coefficient (Wildman–Crippen LogP) is 2.62. The van der Waals surface area contributed by atoms with E-state index in [1.807, 2.05) is 34.9 Å². The topological polar surface area (TPSA) is 80.1 Å². The van der Waals surface area contributed by atoms with E-state index in [-0.39, 0.29) is 18.0 Å². The van der Waals surface area contributed by atoms with Crippen molar-refractivity contribution in [1.29, 1.82) is 0 Å². The molecule has 1 aromatic heterocycles. The first-order valence-corrected chi connectivity index (χ1v) is 9.32. The molecule has 2 heterocycles. The van der Waals surface area contributed by atoms with Gasteiger partial charge >= 0.3 is 0 Å². The SMILES string of the molecule is CC(=O)Nc1ccc(F)c(C(=O)N2CCn3c(Cc4ccccc4)nnc3C2)c1. The average molecular weight is 393 g/mol. The van der Waals surface area contributed by atoms with Gasteiger partial charge in [0.2, 0.25) is 5.91 Å². The van der Waals surface area contributed by atoms with E-state index in [0.717, 1.165) is 11.4 Å². The summed E-state index contributed by atoms with van der Waals surface area (Å²) in [7, 11) is 0. The molecule has 0 atom stereocenters. The summed E-state index contributed by atoms with van der Waals surface area (Å²) in [5.74, 6) is 0.174. The van der Waals surface area contributed by atoms with Crippen molar-refractivity contribution in [3.05, 3.63) is 77.1 Å². The van der Waals surface area contributed by atoms with Crippen molar-refractivity contribution in [3.63, 3.8) is 0 Å². The van der Waals surface area contributed by atoms with Crippen LogP contribution in [-0.4, -0.2) is 38.0 Å². The molecule has 0 saturated heterocycles. The number of hydrogen-bond acceptors (Lipinski definition) is 4. The lowest BCUT2D eigenvalue weighted by atomic mass is 10.1. The van der Waals surface area contributed by atoms with Gasteiger partial charge in [-0.15, -0.1) is 10.2 Å². The first kappa shape index (κ1) is 18.8. The third-order valence-corrected chi connectivity index (χ3v) is 4.84. The number of anilines is 1. The van der Waals surface area contributed by atoms with Gasteiger partial charge in [-0.1, -0.05) is 30.3 Å². The van der Waals surface area contributed by atoms with E-state index in [4.69, 9.17) is 0 Å². The van der Waals surface area contributed by atoms with Crippen LogP contribution in [0.2, 0.25) is 0 Å². The quantitative estimate of drug-likeness (QED) is 0.739. The van der Waals surface area contributed by atoms with Gasteiger partial charge < -0.3 is 14.8 Å². The van der Waals surface area contributed by atoms with Crippen LogP contribution in [-0.2, 0) is 24.3 Å². The summed E-state index contributed by atoms with van der Waals surface area (Å²) in [6, 6.07) is 14.0. The van der Waals surface area contributed by atoms with Crippen molar-refractivity contribution < 1.29 is 14.0 Å². The number of aromatic nitrogens is 3. The molecule has 7 nitrogen and oxygen atoms in total. The number of fused-ring (bicyclic) bond motifs is 1. The van der Waals surface area contributed by atoms with E-state index in [0.29, 0.717) is 31.0 Å². The number of benzene rings is 2. The highest BCUT2D eigenvalue weighted by molar-refractivity contribution is 5.97. The summed E-state index contributed by atoms with van der Waals surface area (Å²) in [5, 5.41) is 11.1. The van der Waals surface area contributed by atoms with E-state index >= 15 is 0 Å². The van der Waals surface area contributed by atoms with Gasteiger partial charge in [0.1, 0.15) is 11.6 Å². The van der Waals surface area contributed by atoms with Gasteiger partial charge in [-0.05, 0) is 23.8 Å². The van der Waals surface area contributed by atoms with Crippen LogP contribution in [0.4, 0.5) is 10.1 Å². The van der Waals surface area contributed by atoms with Crippen LogP contribution in [0.3, 0.4) is 0 Å². The van der Waals surface area contributed by atoms with Crippen LogP contribution in [0.1, 0.15) is 34.5 Å². The van der Waals surface area contributed by atoms with Crippen LogP contribution in [0.5, 0.6) is 0 Å². The average Bonchev–Trinajstić information content (AvgIpc) is 3.11. The van der Waals surface area contributed by atoms with Crippen LogP contribution >= 0.6 is 0 Å². The Morgan fingerprint density at radius 1 is 1.10 bits per heavy atom. The number of hydrogen-bond donors (Lipinski definition) is 1. The Kier molecular flexibility index (Phi) is 5.07. The molecule has 0 unspecified atom stereocenters. The summed E-state index contributed by atoms with van der Waals surface area (Å²) in [6.07, 6.45) is 0.662. The van der Waals surface area contributed by atoms with Crippen LogP contribution in [0.15, 0.2) is 48.5 Å². The van der Waals surface area contributed by atoms with Gasteiger partial charge in [-0.2, -0.15) is 0 Å². The molecule has 0 spiro atoms. The molecule has 2 aromatic carbocycles. The van der Waals surface area contributed by atoms with Crippen LogP contribution in [0.25, 0.3) is 0 Å². The molecule has 1 N–H and O–H groups in total. The Labute approximate surface area is 167 Å². The molecular weight excluding hydrogens is 373 g/mol. The summed E-state index contributed by atoms with van der Waals surface area (Å²) in [5.41, 5.74) is 1.44. The predicted molar refractivity (Wildman–Crippen MR) is 105 cm³/mol. The van der Waals surface area contributed by atoms with Crippen molar-refractivity contribution >= 4 is 17.5 Å². The standard InChI is InChI=1S/C21H20FN5O2/c1-14(28)23-16-7-8-18(22)17(12-16)21(29)26-9-10-27-19(24-25-20(27)13-26)11-15-5-3-2-4-6-15/h2-8,12H,9-11,13H2,1H3,(H,23,28). The zero-order chi connectivity index (χ0) is 20.4. The zero-order valence-corrected chi connectivity index (χ0v) is 15.9. The number of rotatable bonds is 4. The lowest BCUT2D eigenvalue weighted by molar-refractivity contribution is -0.114. The molecular formula is C21H20FN5O2. The molecule has 148 valence electrons. The Balaban J connectivity index is 1.52. The first-order valence-electron chi connectivity index (χ1n) is 9.32. The molecule has 8 heteroatoms. The van der Waals surface area contributed by atoms with Gasteiger partial charge in [0.15, 0.2) is 5.82 Å². The molecule has 1 aliphatic heterocycles. The minimum Gasteiger partial charge on any atom is -0.329 e. The molecule has 29 heavy (non-hydrogen) atoms. The number of amides is 2. The molecule has 0 bridgehead atoms. The van der Waals surface area contributed by atoms with Crippen molar-refractivity contribution in [3.8, 4) is 0 Å². The number of carbonyl (C=O) groups excluding carboxylic acids is 2. The first-order chi connectivity index (χ1) is 14.0. The summed E-state index contributed by atoms with van der Waals surface area (Å²) < 4.78 is 16.3. The molecule has 0 aliphatic carbocycles. The van der Waals surface area contributed by atoms with Crippen LogP contribution < -0.4 is 5.32 Å². The maximum absolute atomic E-state index is 14.3. The maximum atomic E-state index is 14.3. The highest BCUT2D eigenvalue weighted by atomic mass is 19.1. The summed E-state index contributed by atoms with van der Waals surface area (Å²) in [6.45, 7) is 2.58. The van der Waals surface area contributed by atoms with Gasteiger partial charge in [0.05, 0.1) is 12.1 Å². The van der Waals surface area contributed by atoms with Crippen LogP contribution in [0, 0.1) is 5.82 Å². The minimum atomic E-state index is -0.624. The zero-order valence-electron chi connectivity index (χ0n) is 15.9. The minimum absolute atomic E-state index is 0.0753. The molecule has 1 aliphatic rings. The molecule has 2 amide bonds. The fourth-order valence-corrected chi connectivity index (χ4v) is 3.44. The van der Waals surface area contributed by atoms with Gasteiger partial charge in [-0.25, -0.2) is 4.39 Å². The lowest BCUT2D eigenvalue weighted by Gasteiger charge is -2.28. The summed E-state index contributed by atoms with van der Waals surface area (Å²) in [4.78, 5) is 25.7. The maximum Gasteiger partial charge on any atom is 0.257 e. The van der Waals surface area contributed by atoms with Crippen molar-refractivity contribution in [2.75, 3.05) is 11.9 Å². The Morgan fingerprint density at radius 3 is 2.66 bits per heavy atom. The van der Waals surface area contributed by atoms with E-state index in [1.165, 1.54) is 25.1 Å². The fraction of sp³-hybridized carbons (Fsp3) is 0.238. The van der Waals surface area contributed by atoms with Crippen molar-refractivity contribution in [2.45, 2.75) is 26.4 Å². The van der Waals surface area contributed by atoms with Gasteiger partial charge in [-0.3, -0.25) is 9.59 Å². The molecule has 0 radical (unpaired) electrons. The third kappa shape index (κ3) is 4.01. The van der Waals surface area contributed by atoms with Gasteiger partial charge in [0.25, 0.3) is 5.91 Å². The van der Waals surface area contributed by atoms with E-state index < -0.39 is 11.7 Å². The van der Waals surface area contributed by atoms with Crippen molar-refractivity contribution in [2.24, 2.45) is 0 Å². The highest BCUT2D eigenvalue weighted by Gasteiger charge is 2.27. The molecule has 0 saturated carbocycles. The number of nitrogens with one attached hydrogen (secondary N) is 1. The molecule has 3 aromatic rings. The lowest BCUT2D eigenvalue weighted by Crippen LogP contribution is -2.39. The third-order valence-electron chi connectivity index (χ3n) is 4.84. The Bertz CT molecular complexity index is 1060. The fourth-order valence-electron chi connectivity index (χ4n) is 3.44. The highest BCUT2D eigenvalue weighted by Crippen LogP contribution is 2.21. The second kappa shape index (κ2) is 7.83. The molecule has 0 fully saturated rings. The Hall–Kier alpha value is -3.55. The number of nitrogens with zero attached hydrogens (tertiary/aromatic N) is 4. The summed E-state index contributed by atoms with van der Waals surface area (Å²) >= 11 is 0. The smallest absolute Gasteiger partial charge is 0.257 e. The second-order valence-corrected chi connectivity index (χ2v) is 6.95. The number of carbonyl (C=O) groups is 2. The number of halogens is 1. The Morgan fingerprint density at radius 2 is 1.90 bits per heavy atom. The monoisotopic (exact) mass is 393 g/mol. The van der Waals surface area contributed by atoms with E-state index in [9.17, 15) is 14.0 Å². The molecule has 4 rings (SSSR count).